The first kappa shape index (κ1) is 22.5. The minimum absolute atomic E-state index is 0.197. The van der Waals surface area contributed by atoms with E-state index in [2.05, 4.69) is 44.8 Å². The van der Waals surface area contributed by atoms with Crippen molar-refractivity contribution in [3.05, 3.63) is 30.1 Å². The predicted octanol–water partition coefficient (Wildman–Crippen LogP) is 4.50. The molecule has 3 heterocycles. The fourth-order valence-corrected chi connectivity index (χ4v) is 4.72. The monoisotopic (exact) mass is 458 g/mol. The van der Waals surface area contributed by atoms with E-state index in [1.807, 2.05) is 9.42 Å². The van der Waals surface area contributed by atoms with E-state index in [0.717, 1.165) is 40.3 Å². The maximum atomic E-state index is 13.4. The number of halogens is 1. The number of piperazine rings is 1. The van der Waals surface area contributed by atoms with Gasteiger partial charge in [-0.1, -0.05) is 25.2 Å². The number of anilines is 2. The van der Waals surface area contributed by atoms with Crippen LogP contribution in [0, 0.1) is 11.7 Å². The Morgan fingerprint density at radius 1 is 1.16 bits per heavy atom. The maximum Gasteiger partial charge on any atom is 0.222 e. The lowest BCUT2D eigenvalue weighted by Crippen LogP contribution is -2.49. The van der Waals surface area contributed by atoms with Gasteiger partial charge in [0.1, 0.15) is 11.5 Å². The molecule has 1 aliphatic rings. The van der Waals surface area contributed by atoms with Crippen molar-refractivity contribution >= 4 is 33.2 Å². The molecule has 0 saturated carbocycles. The molecule has 0 aliphatic carbocycles. The van der Waals surface area contributed by atoms with E-state index >= 15 is 0 Å². The minimum atomic E-state index is -0.272. The molecule has 32 heavy (non-hydrogen) atoms. The predicted molar refractivity (Wildman–Crippen MR) is 128 cm³/mol. The number of nitrogens with one attached hydrogen (secondary N) is 1. The molecule has 7 nitrogen and oxygen atoms in total. The molecule has 1 amide bonds. The quantitative estimate of drug-likeness (QED) is 0.610. The number of hydrogen-bond donors (Lipinski definition) is 1. The van der Waals surface area contributed by atoms with Crippen LogP contribution < -0.4 is 10.2 Å². The highest BCUT2D eigenvalue weighted by Crippen LogP contribution is 2.35. The lowest BCUT2D eigenvalue weighted by molar-refractivity contribution is -0.132. The minimum Gasteiger partial charge on any atom is -0.364 e. The highest BCUT2D eigenvalue weighted by atomic mass is 32.1. The summed E-state index contributed by atoms with van der Waals surface area (Å²) < 4.78 is 15.3. The first-order chi connectivity index (χ1) is 15.1. The van der Waals surface area contributed by atoms with Gasteiger partial charge in [-0.2, -0.15) is 4.52 Å². The Morgan fingerprint density at radius 2 is 1.81 bits per heavy atom. The summed E-state index contributed by atoms with van der Waals surface area (Å²) in [5, 5.41) is 9.28. The zero-order chi connectivity index (χ0) is 23.0. The van der Waals surface area contributed by atoms with Gasteiger partial charge < -0.3 is 15.1 Å². The van der Waals surface area contributed by atoms with E-state index in [-0.39, 0.29) is 17.3 Å². The molecule has 0 unspecified atom stereocenters. The van der Waals surface area contributed by atoms with Gasteiger partial charge in [0, 0.05) is 43.7 Å². The van der Waals surface area contributed by atoms with Crippen molar-refractivity contribution in [1.29, 1.82) is 0 Å². The molecule has 1 aromatic carbocycles. The topological polar surface area (TPSA) is 65.8 Å². The Morgan fingerprint density at radius 3 is 2.41 bits per heavy atom. The second-order valence-corrected chi connectivity index (χ2v) is 10.7. The van der Waals surface area contributed by atoms with Gasteiger partial charge in [0.25, 0.3) is 0 Å². The van der Waals surface area contributed by atoms with Crippen LogP contribution in [0.15, 0.2) is 24.3 Å². The lowest BCUT2D eigenvalue weighted by Gasteiger charge is -2.34. The van der Waals surface area contributed by atoms with Gasteiger partial charge in [-0.3, -0.25) is 4.79 Å². The normalized spacial score (nSPS) is 15.1. The van der Waals surface area contributed by atoms with Crippen molar-refractivity contribution in [2.45, 2.75) is 46.6 Å². The smallest absolute Gasteiger partial charge is 0.222 e. The summed E-state index contributed by atoms with van der Waals surface area (Å²) in [6, 6.07) is 6.37. The van der Waals surface area contributed by atoms with Gasteiger partial charge in [-0.05, 0) is 51.0 Å². The number of aromatic nitrogens is 3. The van der Waals surface area contributed by atoms with Gasteiger partial charge in [-0.15, -0.1) is 5.10 Å². The van der Waals surface area contributed by atoms with E-state index in [9.17, 15) is 9.18 Å². The second kappa shape index (κ2) is 8.69. The van der Waals surface area contributed by atoms with E-state index in [4.69, 9.17) is 10.1 Å². The van der Waals surface area contributed by atoms with E-state index in [1.54, 1.807) is 12.1 Å². The molecular weight excluding hydrogens is 427 g/mol. The van der Waals surface area contributed by atoms with Crippen LogP contribution in [0.1, 0.15) is 41.0 Å². The second-order valence-electron chi connectivity index (χ2n) is 9.74. The van der Waals surface area contributed by atoms with Crippen molar-refractivity contribution in [2.75, 3.05) is 36.4 Å². The zero-order valence-electron chi connectivity index (χ0n) is 19.4. The molecule has 1 aliphatic heterocycles. The van der Waals surface area contributed by atoms with Crippen LogP contribution in [0.2, 0.25) is 0 Å². The molecule has 0 radical (unpaired) electrons. The van der Waals surface area contributed by atoms with Crippen molar-refractivity contribution in [3.8, 4) is 11.3 Å². The molecule has 4 rings (SSSR count). The van der Waals surface area contributed by atoms with Crippen molar-refractivity contribution in [3.63, 3.8) is 0 Å². The number of carbonyl (C=O) groups excluding carboxylic acids is 1. The van der Waals surface area contributed by atoms with E-state index in [1.165, 1.54) is 23.5 Å². The Kier molecular flexibility index (Phi) is 6.11. The Labute approximate surface area is 192 Å². The Balaban J connectivity index is 1.59. The molecule has 172 valence electrons. The van der Waals surface area contributed by atoms with Gasteiger partial charge in [0.05, 0.1) is 0 Å². The third kappa shape index (κ3) is 4.87. The van der Waals surface area contributed by atoms with E-state index < -0.39 is 0 Å². The van der Waals surface area contributed by atoms with Gasteiger partial charge in [-0.25, -0.2) is 9.37 Å². The van der Waals surface area contributed by atoms with Crippen molar-refractivity contribution in [1.82, 2.24) is 19.5 Å². The molecule has 3 aromatic rings. The number of rotatable bonds is 5. The standard InChI is InChI=1S/C23H31FN6OS/c1-15(2)14-18(31)28-10-12-29(13-11-28)22-27-30-20(26-23(3,4)5)19(25-21(30)32-22)16-6-8-17(24)9-7-16/h6-9,15,26H,10-14H2,1-5H3. The highest BCUT2D eigenvalue weighted by molar-refractivity contribution is 7.20. The summed E-state index contributed by atoms with van der Waals surface area (Å²) in [6.07, 6.45) is 0.596. The van der Waals surface area contributed by atoms with Crippen molar-refractivity contribution in [2.24, 2.45) is 5.92 Å². The largest absolute Gasteiger partial charge is 0.364 e. The van der Waals surface area contributed by atoms with Crippen LogP contribution in [0.5, 0.6) is 0 Å². The number of amides is 1. The van der Waals surface area contributed by atoms with E-state index in [0.29, 0.717) is 25.4 Å². The van der Waals surface area contributed by atoms with Crippen molar-refractivity contribution < 1.29 is 9.18 Å². The van der Waals surface area contributed by atoms with Crippen LogP contribution in [-0.2, 0) is 4.79 Å². The fraction of sp³-hybridized carbons (Fsp3) is 0.522. The molecule has 1 fully saturated rings. The Bertz CT molecular complexity index is 1090. The molecule has 0 spiro atoms. The molecule has 0 bridgehead atoms. The van der Waals surface area contributed by atoms with Gasteiger partial charge in [0.2, 0.25) is 16.0 Å². The SMILES string of the molecule is CC(C)CC(=O)N1CCN(c2nn3c(NC(C)(C)C)c(-c4ccc(F)cc4)nc3s2)CC1. The number of fused-ring (bicyclic) bond motifs is 1. The van der Waals surface area contributed by atoms with Crippen LogP contribution in [0.4, 0.5) is 15.3 Å². The summed E-state index contributed by atoms with van der Waals surface area (Å²) >= 11 is 1.53. The Hall–Kier alpha value is -2.68. The molecular formula is C23H31FN6OS. The van der Waals surface area contributed by atoms with Crippen LogP contribution in [0.25, 0.3) is 16.2 Å². The van der Waals surface area contributed by atoms with Gasteiger partial charge in [0.15, 0.2) is 5.82 Å². The summed E-state index contributed by atoms with van der Waals surface area (Å²) in [5.74, 6) is 1.13. The third-order valence-corrected chi connectivity index (χ3v) is 6.26. The third-order valence-electron chi connectivity index (χ3n) is 5.29. The number of nitrogens with zero attached hydrogens (tertiary/aromatic N) is 5. The maximum absolute atomic E-state index is 13.4. The first-order valence-corrected chi connectivity index (χ1v) is 11.9. The molecule has 2 aromatic heterocycles. The average Bonchev–Trinajstić information content (AvgIpc) is 3.27. The summed E-state index contributed by atoms with van der Waals surface area (Å²) in [4.78, 5) is 22.2. The molecule has 0 atom stereocenters. The van der Waals surface area contributed by atoms with Crippen LogP contribution >= 0.6 is 11.3 Å². The molecule has 1 saturated heterocycles. The number of benzene rings is 1. The first-order valence-electron chi connectivity index (χ1n) is 11.1. The lowest BCUT2D eigenvalue weighted by atomic mass is 10.1. The fourth-order valence-electron chi connectivity index (χ4n) is 3.77. The summed E-state index contributed by atoms with van der Waals surface area (Å²) in [5.41, 5.74) is 1.40. The van der Waals surface area contributed by atoms with Crippen LogP contribution in [0.3, 0.4) is 0 Å². The molecule has 9 heteroatoms. The highest BCUT2D eigenvalue weighted by Gasteiger charge is 2.26. The number of carbonyl (C=O) groups is 1. The van der Waals surface area contributed by atoms with Crippen LogP contribution in [-0.4, -0.2) is 57.1 Å². The molecule has 1 N–H and O–H groups in total. The average molecular weight is 459 g/mol. The summed E-state index contributed by atoms with van der Waals surface area (Å²) in [6.45, 7) is 13.3. The number of hydrogen-bond acceptors (Lipinski definition) is 6. The zero-order valence-corrected chi connectivity index (χ0v) is 20.2. The van der Waals surface area contributed by atoms with Gasteiger partial charge >= 0.3 is 0 Å². The number of imidazole rings is 1. The summed E-state index contributed by atoms with van der Waals surface area (Å²) in [7, 11) is 0.